The molecule has 0 spiro atoms. The van der Waals surface area contributed by atoms with Crippen LogP contribution in [0.2, 0.25) is 0 Å². The lowest BCUT2D eigenvalue weighted by atomic mass is 9.46. The number of aliphatic carboxylic acids is 2. The molecule has 2 aliphatic carbocycles. The van der Waals surface area contributed by atoms with Gasteiger partial charge >= 0.3 is 11.9 Å². The van der Waals surface area contributed by atoms with Gasteiger partial charge in [0.05, 0.1) is 5.41 Å². The van der Waals surface area contributed by atoms with Gasteiger partial charge in [-0.15, -0.1) is 0 Å². The van der Waals surface area contributed by atoms with Gasteiger partial charge in [-0.05, 0) is 63.2 Å². The minimum atomic E-state index is -0.896. The van der Waals surface area contributed by atoms with Gasteiger partial charge in [-0.25, -0.2) is 4.79 Å². The molecule has 2 N–H and O–H groups in total. The van der Waals surface area contributed by atoms with Crippen molar-refractivity contribution in [1.29, 1.82) is 0 Å². The van der Waals surface area contributed by atoms with Crippen molar-refractivity contribution in [2.45, 2.75) is 59.3 Å². The molecule has 0 aromatic carbocycles. The predicted molar refractivity (Wildman–Crippen MR) is 89.1 cm³/mol. The third-order valence-electron chi connectivity index (χ3n) is 6.51. The Bertz CT molecular complexity index is 562. The molecule has 2 fully saturated rings. The van der Waals surface area contributed by atoms with E-state index in [1.165, 1.54) is 0 Å². The van der Waals surface area contributed by atoms with Crippen molar-refractivity contribution in [1.82, 2.24) is 0 Å². The molecule has 0 heterocycles. The zero-order chi connectivity index (χ0) is 17.4. The maximum absolute atomic E-state index is 11.9. The maximum atomic E-state index is 11.9. The van der Waals surface area contributed by atoms with E-state index in [4.69, 9.17) is 5.11 Å². The average Bonchev–Trinajstić information content (AvgIpc) is 2.45. The first-order valence-corrected chi connectivity index (χ1v) is 8.44. The zero-order valence-electron chi connectivity index (χ0n) is 14.4. The van der Waals surface area contributed by atoms with Crippen molar-refractivity contribution in [3.63, 3.8) is 0 Å². The van der Waals surface area contributed by atoms with Gasteiger partial charge in [-0.1, -0.05) is 31.6 Å². The standard InChI is InChI=1S/C19H28O4/c1-12-7-9-15-18(3,10-5-11-19(15,4)17(22)23)14(12)8-6-13(2)16(20)21/h6,14-15H,1,5,7-11H2,2-4H3,(H,20,21)(H,22,23)/b13-6-. The lowest BCUT2D eigenvalue weighted by Crippen LogP contribution is -2.53. The van der Waals surface area contributed by atoms with Crippen molar-refractivity contribution >= 4 is 11.9 Å². The monoisotopic (exact) mass is 320 g/mol. The first-order valence-electron chi connectivity index (χ1n) is 8.44. The lowest BCUT2D eigenvalue weighted by molar-refractivity contribution is -0.164. The highest BCUT2D eigenvalue weighted by molar-refractivity contribution is 5.85. The van der Waals surface area contributed by atoms with Crippen LogP contribution in [0.25, 0.3) is 0 Å². The second kappa shape index (κ2) is 6.14. The molecule has 2 aliphatic rings. The normalized spacial score (nSPS) is 38.0. The van der Waals surface area contributed by atoms with Gasteiger partial charge in [0.15, 0.2) is 0 Å². The molecule has 23 heavy (non-hydrogen) atoms. The summed E-state index contributed by atoms with van der Waals surface area (Å²) in [6, 6.07) is 0. The Morgan fingerprint density at radius 1 is 1.30 bits per heavy atom. The maximum Gasteiger partial charge on any atom is 0.330 e. The summed E-state index contributed by atoms with van der Waals surface area (Å²) in [7, 11) is 0. The quantitative estimate of drug-likeness (QED) is 0.599. The number of carbonyl (C=O) groups is 2. The number of fused-ring (bicyclic) bond motifs is 1. The Labute approximate surface area is 138 Å². The van der Waals surface area contributed by atoms with E-state index < -0.39 is 17.4 Å². The number of carboxylic acids is 2. The van der Waals surface area contributed by atoms with Crippen molar-refractivity contribution in [3.05, 3.63) is 23.8 Å². The lowest BCUT2D eigenvalue weighted by Gasteiger charge is -2.57. The first-order chi connectivity index (χ1) is 10.6. The highest BCUT2D eigenvalue weighted by Crippen LogP contribution is 2.61. The molecular formula is C19H28O4. The fourth-order valence-electron chi connectivity index (χ4n) is 5.02. The molecule has 4 nitrogen and oxygen atoms in total. The second-order valence-electron chi connectivity index (χ2n) is 7.81. The van der Waals surface area contributed by atoms with Crippen LogP contribution >= 0.6 is 0 Å². The first kappa shape index (κ1) is 17.8. The summed E-state index contributed by atoms with van der Waals surface area (Å²) in [5.41, 5.74) is 0.696. The Morgan fingerprint density at radius 2 is 1.96 bits per heavy atom. The van der Waals surface area contributed by atoms with Gasteiger partial charge in [-0.3, -0.25) is 4.79 Å². The Morgan fingerprint density at radius 3 is 2.52 bits per heavy atom. The van der Waals surface area contributed by atoms with Crippen LogP contribution in [0.4, 0.5) is 0 Å². The summed E-state index contributed by atoms with van der Waals surface area (Å²) < 4.78 is 0. The van der Waals surface area contributed by atoms with Gasteiger partial charge in [0.2, 0.25) is 0 Å². The highest BCUT2D eigenvalue weighted by Gasteiger charge is 2.57. The van der Waals surface area contributed by atoms with E-state index in [2.05, 4.69) is 13.5 Å². The van der Waals surface area contributed by atoms with Gasteiger partial charge in [0.25, 0.3) is 0 Å². The van der Waals surface area contributed by atoms with Crippen molar-refractivity contribution in [3.8, 4) is 0 Å². The van der Waals surface area contributed by atoms with Crippen molar-refractivity contribution in [2.75, 3.05) is 0 Å². The molecule has 2 rings (SSSR count). The molecule has 2 saturated carbocycles. The molecule has 0 radical (unpaired) electrons. The summed E-state index contributed by atoms with van der Waals surface area (Å²) in [4.78, 5) is 22.9. The fourth-order valence-corrected chi connectivity index (χ4v) is 5.02. The number of allylic oxidation sites excluding steroid dienone is 2. The van der Waals surface area contributed by atoms with Crippen LogP contribution < -0.4 is 0 Å². The zero-order valence-corrected chi connectivity index (χ0v) is 14.4. The predicted octanol–water partition coefficient (Wildman–Crippen LogP) is 4.27. The molecule has 4 unspecified atom stereocenters. The van der Waals surface area contributed by atoms with E-state index >= 15 is 0 Å². The van der Waals surface area contributed by atoms with Gasteiger partial charge in [0.1, 0.15) is 0 Å². The molecule has 0 bridgehead atoms. The molecule has 4 atom stereocenters. The van der Waals surface area contributed by atoms with Gasteiger partial charge in [-0.2, -0.15) is 0 Å². The minimum absolute atomic E-state index is 0.115. The third-order valence-corrected chi connectivity index (χ3v) is 6.51. The SMILES string of the molecule is C=C1CCC2C(C)(C(=O)O)CCCC2(C)C1C/C=C(/C)C(=O)O. The number of hydrogen-bond donors (Lipinski definition) is 2. The summed E-state index contributed by atoms with van der Waals surface area (Å²) in [6.07, 6.45) is 6.75. The smallest absolute Gasteiger partial charge is 0.330 e. The van der Waals surface area contributed by atoms with Crippen LogP contribution in [0, 0.1) is 22.7 Å². The van der Waals surface area contributed by atoms with Gasteiger partial charge in [0, 0.05) is 5.57 Å². The molecule has 4 heteroatoms. The summed E-state index contributed by atoms with van der Waals surface area (Å²) in [5, 5.41) is 18.8. The molecule has 0 aromatic heterocycles. The second-order valence-corrected chi connectivity index (χ2v) is 7.81. The number of rotatable bonds is 4. The molecular weight excluding hydrogens is 292 g/mol. The Kier molecular flexibility index (Phi) is 4.74. The van der Waals surface area contributed by atoms with E-state index in [9.17, 15) is 14.7 Å². The van der Waals surface area contributed by atoms with Gasteiger partial charge < -0.3 is 10.2 Å². The largest absolute Gasteiger partial charge is 0.481 e. The van der Waals surface area contributed by atoms with E-state index in [-0.39, 0.29) is 17.3 Å². The van der Waals surface area contributed by atoms with Crippen LogP contribution in [0.3, 0.4) is 0 Å². The van der Waals surface area contributed by atoms with Crippen molar-refractivity contribution in [2.24, 2.45) is 22.7 Å². The molecule has 0 saturated heterocycles. The fraction of sp³-hybridized carbons (Fsp3) is 0.684. The van der Waals surface area contributed by atoms with Crippen LogP contribution in [0.1, 0.15) is 59.3 Å². The van der Waals surface area contributed by atoms with E-state index in [0.717, 1.165) is 37.7 Å². The van der Waals surface area contributed by atoms with E-state index in [1.54, 1.807) is 13.0 Å². The summed E-state index contributed by atoms with van der Waals surface area (Å²) >= 11 is 0. The molecule has 0 aliphatic heterocycles. The molecule has 0 amide bonds. The topological polar surface area (TPSA) is 74.6 Å². The number of carboxylic acid groups (broad SMARTS) is 2. The number of hydrogen-bond acceptors (Lipinski definition) is 2. The van der Waals surface area contributed by atoms with Crippen molar-refractivity contribution < 1.29 is 19.8 Å². The Hall–Kier alpha value is -1.58. The Balaban J connectivity index is 2.35. The molecule has 0 aromatic rings. The van der Waals surface area contributed by atoms with E-state index in [0.29, 0.717) is 12.0 Å². The van der Waals surface area contributed by atoms with Crippen LogP contribution in [-0.2, 0) is 9.59 Å². The summed E-state index contributed by atoms with van der Waals surface area (Å²) in [6.45, 7) is 9.91. The van der Waals surface area contributed by atoms with Crippen LogP contribution in [0.5, 0.6) is 0 Å². The minimum Gasteiger partial charge on any atom is -0.481 e. The third kappa shape index (κ3) is 2.96. The molecule has 128 valence electrons. The summed E-state index contributed by atoms with van der Waals surface area (Å²) in [5.74, 6) is -1.31. The van der Waals surface area contributed by atoms with Crippen LogP contribution in [0.15, 0.2) is 23.8 Å². The average molecular weight is 320 g/mol. The van der Waals surface area contributed by atoms with Crippen LogP contribution in [-0.4, -0.2) is 22.2 Å². The highest BCUT2D eigenvalue weighted by atomic mass is 16.4. The van der Waals surface area contributed by atoms with E-state index in [1.807, 2.05) is 6.92 Å².